The van der Waals surface area contributed by atoms with Crippen molar-refractivity contribution >= 4 is 17.1 Å². The SMILES string of the molecule is CC1(C)c2ccccc2-c2ccc(N(c3ccccc3)c3ccc4c(c3)C3(CC5CCC3C5)c3ccccc3-4)cc21. The predicted molar refractivity (Wildman–Crippen MR) is 170 cm³/mol. The van der Waals surface area contributed by atoms with Crippen LogP contribution in [0.15, 0.2) is 115 Å². The molecule has 4 aliphatic rings. The molecule has 1 spiro atoms. The zero-order chi connectivity index (χ0) is 27.3. The van der Waals surface area contributed by atoms with Crippen LogP contribution in [0.5, 0.6) is 0 Å². The fraction of sp³-hybridized carbons (Fsp3) is 0.250. The van der Waals surface area contributed by atoms with E-state index in [2.05, 4.69) is 134 Å². The van der Waals surface area contributed by atoms with Gasteiger partial charge in [0.1, 0.15) is 0 Å². The average molecular weight is 530 g/mol. The van der Waals surface area contributed by atoms with Crippen LogP contribution in [0.3, 0.4) is 0 Å². The Labute approximate surface area is 243 Å². The van der Waals surface area contributed by atoms with Gasteiger partial charge in [-0.05, 0) is 112 Å². The van der Waals surface area contributed by atoms with Gasteiger partial charge in [0.2, 0.25) is 0 Å². The van der Waals surface area contributed by atoms with Crippen LogP contribution in [0.4, 0.5) is 17.1 Å². The number of rotatable bonds is 3. The third-order valence-electron chi connectivity index (χ3n) is 11.1. The molecule has 0 heterocycles. The summed E-state index contributed by atoms with van der Waals surface area (Å²) in [6, 6.07) is 43.7. The molecular formula is C40H35N. The zero-order valence-corrected chi connectivity index (χ0v) is 23.9. The van der Waals surface area contributed by atoms with Gasteiger partial charge in [-0.2, -0.15) is 0 Å². The number of hydrogen-bond donors (Lipinski definition) is 0. The predicted octanol–water partition coefficient (Wildman–Crippen LogP) is 10.5. The summed E-state index contributed by atoms with van der Waals surface area (Å²) < 4.78 is 0. The Kier molecular flexibility index (Phi) is 4.73. The van der Waals surface area contributed by atoms with Crippen molar-refractivity contribution < 1.29 is 0 Å². The molecule has 2 fully saturated rings. The monoisotopic (exact) mass is 529 g/mol. The van der Waals surface area contributed by atoms with Crippen molar-refractivity contribution in [1.29, 1.82) is 0 Å². The van der Waals surface area contributed by atoms with Gasteiger partial charge in [0, 0.05) is 27.9 Å². The van der Waals surface area contributed by atoms with Crippen molar-refractivity contribution in [2.24, 2.45) is 11.8 Å². The standard InChI is InChI=1S/C40H35N/c1-39(2)35-14-8-6-12-31(35)33-20-18-29(23-37(33)39)41(28-10-4-3-5-11-28)30-19-21-34-32-13-7-9-15-36(32)40(38(34)24-30)25-26-16-17-27(40)22-26/h3-15,18-21,23-24,26-27H,16-17,22,25H2,1-2H3. The largest absolute Gasteiger partial charge is 0.310 e. The Morgan fingerprint density at radius 2 is 1.12 bits per heavy atom. The van der Waals surface area contributed by atoms with Crippen molar-refractivity contribution in [2.75, 3.05) is 4.90 Å². The molecule has 1 nitrogen and oxygen atoms in total. The molecular weight excluding hydrogens is 494 g/mol. The maximum atomic E-state index is 2.57. The molecule has 200 valence electrons. The number of hydrogen-bond acceptors (Lipinski definition) is 1. The molecule has 0 N–H and O–H groups in total. The third-order valence-corrected chi connectivity index (χ3v) is 11.1. The lowest BCUT2D eigenvalue weighted by molar-refractivity contribution is 0.327. The fourth-order valence-corrected chi connectivity index (χ4v) is 9.37. The van der Waals surface area contributed by atoms with E-state index in [0.717, 1.165) is 11.8 Å². The van der Waals surface area contributed by atoms with Gasteiger partial charge in [0.25, 0.3) is 0 Å². The minimum Gasteiger partial charge on any atom is -0.310 e. The summed E-state index contributed by atoms with van der Waals surface area (Å²) in [6.07, 6.45) is 5.47. The molecule has 41 heavy (non-hydrogen) atoms. The van der Waals surface area contributed by atoms with E-state index in [1.54, 1.807) is 11.1 Å². The Morgan fingerprint density at radius 3 is 1.80 bits per heavy atom. The van der Waals surface area contributed by atoms with Crippen LogP contribution in [0.2, 0.25) is 0 Å². The first-order valence-corrected chi connectivity index (χ1v) is 15.4. The zero-order valence-electron chi connectivity index (χ0n) is 23.9. The summed E-state index contributed by atoms with van der Waals surface area (Å²) in [5, 5.41) is 0. The van der Waals surface area contributed by atoms with E-state index in [-0.39, 0.29) is 10.8 Å². The summed E-state index contributed by atoms with van der Waals surface area (Å²) in [5.41, 5.74) is 15.5. The van der Waals surface area contributed by atoms with Gasteiger partial charge in [-0.25, -0.2) is 0 Å². The lowest BCUT2D eigenvalue weighted by Crippen LogP contribution is -2.32. The van der Waals surface area contributed by atoms with Crippen molar-refractivity contribution in [3.8, 4) is 22.3 Å². The highest BCUT2D eigenvalue weighted by Gasteiger charge is 2.56. The minimum absolute atomic E-state index is 0.0307. The summed E-state index contributed by atoms with van der Waals surface area (Å²) in [5.74, 6) is 1.63. The molecule has 2 saturated carbocycles. The van der Waals surface area contributed by atoms with E-state index in [1.807, 2.05) is 0 Å². The van der Waals surface area contributed by atoms with Gasteiger partial charge in [0.15, 0.2) is 0 Å². The van der Waals surface area contributed by atoms with Crippen LogP contribution in [0, 0.1) is 11.8 Å². The molecule has 5 aromatic rings. The number of para-hydroxylation sites is 1. The van der Waals surface area contributed by atoms with Gasteiger partial charge in [-0.15, -0.1) is 0 Å². The number of fused-ring (bicyclic) bond motifs is 11. The van der Waals surface area contributed by atoms with Gasteiger partial charge >= 0.3 is 0 Å². The van der Waals surface area contributed by atoms with Crippen molar-refractivity contribution in [1.82, 2.24) is 0 Å². The molecule has 0 aliphatic heterocycles. The summed E-state index contributed by atoms with van der Waals surface area (Å²) in [6.45, 7) is 4.75. The van der Waals surface area contributed by atoms with Gasteiger partial charge in [-0.1, -0.05) is 99.1 Å². The molecule has 9 rings (SSSR count). The van der Waals surface area contributed by atoms with Crippen LogP contribution < -0.4 is 4.90 Å². The van der Waals surface area contributed by atoms with E-state index in [9.17, 15) is 0 Å². The molecule has 0 amide bonds. The molecule has 0 radical (unpaired) electrons. The fourth-order valence-electron chi connectivity index (χ4n) is 9.37. The Hall–Kier alpha value is -4.10. The van der Waals surface area contributed by atoms with E-state index in [4.69, 9.17) is 0 Å². The first kappa shape index (κ1) is 23.6. The van der Waals surface area contributed by atoms with Gasteiger partial charge < -0.3 is 4.90 Å². The second-order valence-electron chi connectivity index (χ2n) is 13.4. The second-order valence-corrected chi connectivity index (χ2v) is 13.4. The van der Waals surface area contributed by atoms with Crippen LogP contribution in [0.25, 0.3) is 22.3 Å². The summed E-state index contributed by atoms with van der Waals surface area (Å²) in [4.78, 5) is 2.49. The lowest BCUT2D eigenvalue weighted by atomic mass is 9.67. The molecule has 2 bridgehead atoms. The average Bonchev–Trinajstić information content (AvgIpc) is 3.75. The van der Waals surface area contributed by atoms with E-state index in [0.29, 0.717) is 0 Å². The van der Waals surface area contributed by atoms with Crippen LogP contribution in [-0.2, 0) is 10.8 Å². The second kappa shape index (κ2) is 8.23. The lowest BCUT2D eigenvalue weighted by Gasteiger charge is -2.37. The van der Waals surface area contributed by atoms with Crippen LogP contribution in [-0.4, -0.2) is 0 Å². The van der Waals surface area contributed by atoms with Crippen molar-refractivity contribution in [3.63, 3.8) is 0 Å². The Bertz CT molecular complexity index is 1850. The Morgan fingerprint density at radius 1 is 0.537 bits per heavy atom. The topological polar surface area (TPSA) is 3.24 Å². The molecule has 0 aromatic heterocycles. The third kappa shape index (κ3) is 3.07. The van der Waals surface area contributed by atoms with Gasteiger partial charge in [0.05, 0.1) is 0 Å². The molecule has 0 saturated heterocycles. The summed E-state index contributed by atoms with van der Waals surface area (Å²) >= 11 is 0. The maximum absolute atomic E-state index is 2.57. The molecule has 4 aliphatic carbocycles. The molecule has 1 heteroatoms. The smallest absolute Gasteiger partial charge is 0.0465 e. The minimum atomic E-state index is -0.0307. The van der Waals surface area contributed by atoms with Crippen molar-refractivity contribution in [3.05, 3.63) is 138 Å². The molecule has 3 unspecified atom stereocenters. The normalized spacial score (nSPS) is 23.8. The van der Waals surface area contributed by atoms with E-state index in [1.165, 1.54) is 76.1 Å². The number of anilines is 3. The maximum Gasteiger partial charge on any atom is 0.0465 e. The van der Waals surface area contributed by atoms with Crippen LogP contribution >= 0.6 is 0 Å². The first-order valence-electron chi connectivity index (χ1n) is 15.4. The summed E-state index contributed by atoms with van der Waals surface area (Å²) in [7, 11) is 0. The van der Waals surface area contributed by atoms with Gasteiger partial charge in [-0.3, -0.25) is 0 Å². The Balaban J connectivity index is 1.24. The first-order chi connectivity index (χ1) is 20.1. The van der Waals surface area contributed by atoms with E-state index < -0.39 is 0 Å². The number of benzene rings is 5. The van der Waals surface area contributed by atoms with Crippen LogP contribution in [0.1, 0.15) is 61.8 Å². The quantitative estimate of drug-likeness (QED) is 0.225. The number of nitrogens with zero attached hydrogens (tertiary/aromatic N) is 1. The highest BCUT2D eigenvalue weighted by Crippen LogP contribution is 2.66. The molecule has 3 atom stereocenters. The van der Waals surface area contributed by atoms with Crippen molar-refractivity contribution in [2.45, 2.75) is 50.4 Å². The highest BCUT2D eigenvalue weighted by molar-refractivity contribution is 5.88. The molecule has 5 aromatic carbocycles. The highest BCUT2D eigenvalue weighted by atomic mass is 15.1. The van der Waals surface area contributed by atoms with E-state index >= 15 is 0 Å².